The van der Waals surface area contributed by atoms with Gasteiger partial charge in [-0.1, -0.05) is 22.0 Å². The fourth-order valence-corrected chi connectivity index (χ4v) is 3.42. The van der Waals surface area contributed by atoms with Gasteiger partial charge in [0.25, 0.3) is 0 Å². The zero-order valence-corrected chi connectivity index (χ0v) is 12.8. The van der Waals surface area contributed by atoms with Gasteiger partial charge in [0.2, 0.25) is 11.8 Å². The van der Waals surface area contributed by atoms with Gasteiger partial charge < -0.3 is 9.80 Å². The molecular weight excluding hydrogens is 320 g/mol. The molecule has 0 aliphatic carbocycles. The monoisotopic (exact) mass is 336 g/mol. The van der Waals surface area contributed by atoms with E-state index in [-0.39, 0.29) is 17.9 Å². The lowest BCUT2D eigenvalue weighted by Crippen LogP contribution is -2.49. The molecule has 0 spiro atoms. The van der Waals surface area contributed by atoms with Crippen molar-refractivity contribution in [2.24, 2.45) is 0 Å². The molecule has 0 bridgehead atoms. The van der Waals surface area contributed by atoms with Crippen molar-refractivity contribution in [1.82, 2.24) is 4.90 Å². The van der Waals surface area contributed by atoms with Crippen LogP contribution in [0.25, 0.3) is 0 Å². The smallest absolute Gasteiger partial charge is 0.249 e. The molecule has 20 heavy (non-hydrogen) atoms. The van der Waals surface area contributed by atoms with Gasteiger partial charge in [0.15, 0.2) is 0 Å². The number of fused-ring (bicyclic) bond motifs is 1. The van der Waals surface area contributed by atoms with Gasteiger partial charge in [-0.15, -0.1) is 0 Å². The van der Waals surface area contributed by atoms with Crippen molar-refractivity contribution in [2.45, 2.75) is 31.7 Å². The van der Waals surface area contributed by atoms with Crippen LogP contribution in [-0.2, 0) is 9.59 Å². The highest BCUT2D eigenvalue weighted by Gasteiger charge is 2.38. The summed E-state index contributed by atoms with van der Waals surface area (Å²) in [6.07, 6.45) is 3.22. The Kier molecular flexibility index (Phi) is 3.78. The molecule has 0 N–H and O–H groups in total. The third-order valence-electron chi connectivity index (χ3n) is 4.04. The summed E-state index contributed by atoms with van der Waals surface area (Å²) in [6.45, 7) is 1.20. The highest BCUT2D eigenvalue weighted by atomic mass is 79.9. The number of amides is 2. The first-order valence-corrected chi connectivity index (χ1v) is 7.82. The molecule has 2 fully saturated rings. The Morgan fingerprint density at radius 2 is 2.00 bits per heavy atom. The van der Waals surface area contributed by atoms with Gasteiger partial charge in [-0.05, 0) is 37.5 Å². The van der Waals surface area contributed by atoms with Gasteiger partial charge in [0.1, 0.15) is 6.04 Å². The lowest BCUT2D eigenvalue weighted by molar-refractivity contribution is -0.138. The Bertz CT molecular complexity index is 546. The second-order valence-corrected chi connectivity index (χ2v) is 6.23. The number of hydrogen-bond donors (Lipinski definition) is 0. The summed E-state index contributed by atoms with van der Waals surface area (Å²) in [7, 11) is 0. The number of nitrogens with zero attached hydrogens (tertiary/aromatic N) is 2. The summed E-state index contributed by atoms with van der Waals surface area (Å²) in [6, 6.07) is 7.44. The number of benzene rings is 1. The third kappa shape index (κ3) is 2.46. The van der Waals surface area contributed by atoms with E-state index >= 15 is 0 Å². The minimum absolute atomic E-state index is 0.0636. The molecule has 4 nitrogen and oxygen atoms in total. The zero-order valence-electron chi connectivity index (χ0n) is 11.2. The van der Waals surface area contributed by atoms with Crippen LogP contribution in [0.4, 0.5) is 5.69 Å². The van der Waals surface area contributed by atoms with Gasteiger partial charge in [-0.2, -0.15) is 0 Å². The fourth-order valence-electron chi connectivity index (χ4n) is 3.03. The molecule has 1 aromatic carbocycles. The van der Waals surface area contributed by atoms with Gasteiger partial charge in [0.05, 0.1) is 0 Å². The first-order valence-electron chi connectivity index (χ1n) is 7.03. The third-order valence-corrected chi connectivity index (χ3v) is 4.54. The quantitative estimate of drug-likeness (QED) is 0.790. The largest absolute Gasteiger partial charge is 0.331 e. The standard InChI is InChI=1S/C15H17BrN2O2/c16-11-4-3-5-12(10-11)17-9-7-14(19)18-8-2-1-6-13(18)15(17)20/h3-5,10,13H,1-2,6-9H2. The number of rotatable bonds is 1. The van der Waals surface area contributed by atoms with E-state index in [4.69, 9.17) is 0 Å². The highest BCUT2D eigenvalue weighted by molar-refractivity contribution is 9.10. The zero-order chi connectivity index (χ0) is 14.1. The summed E-state index contributed by atoms with van der Waals surface area (Å²) in [5, 5.41) is 0. The van der Waals surface area contributed by atoms with E-state index in [1.807, 2.05) is 24.3 Å². The maximum Gasteiger partial charge on any atom is 0.249 e. The second-order valence-electron chi connectivity index (χ2n) is 5.32. The topological polar surface area (TPSA) is 40.6 Å². The summed E-state index contributed by atoms with van der Waals surface area (Å²) in [5.41, 5.74) is 0.865. The van der Waals surface area contributed by atoms with Crippen molar-refractivity contribution in [3.63, 3.8) is 0 Å². The normalized spacial score (nSPS) is 23.6. The number of piperidine rings is 1. The summed E-state index contributed by atoms with van der Waals surface area (Å²) in [5.74, 6) is 0.175. The van der Waals surface area contributed by atoms with E-state index in [1.54, 1.807) is 9.80 Å². The van der Waals surface area contributed by atoms with E-state index in [2.05, 4.69) is 15.9 Å². The number of anilines is 1. The van der Waals surface area contributed by atoms with Gasteiger partial charge in [-0.3, -0.25) is 9.59 Å². The van der Waals surface area contributed by atoms with Crippen LogP contribution in [-0.4, -0.2) is 35.8 Å². The van der Waals surface area contributed by atoms with Gasteiger partial charge >= 0.3 is 0 Å². The first kappa shape index (κ1) is 13.6. The number of hydrogen-bond acceptors (Lipinski definition) is 2. The Balaban J connectivity index is 1.92. The number of carbonyl (C=O) groups is 2. The minimum atomic E-state index is -0.266. The van der Waals surface area contributed by atoms with Crippen LogP contribution in [0, 0.1) is 0 Å². The molecule has 2 aliphatic rings. The molecule has 2 saturated heterocycles. The van der Waals surface area contributed by atoms with E-state index in [9.17, 15) is 9.59 Å². The molecule has 2 heterocycles. The van der Waals surface area contributed by atoms with E-state index in [1.165, 1.54) is 0 Å². The Morgan fingerprint density at radius 1 is 1.15 bits per heavy atom. The maximum absolute atomic E-state index is 12.8. The Hall–Kier alpha value is -1.36. The van der Waals surface area contributed by atoms with Crippen LogP contribution in [0.15, 0.2) is 28.7 Å². The molecule has 2 aliphatic heterocycles. The van der Waals surface area contributed by atoms with Crippen LogP contribution in [0.5, 0.6) is 0 Å². The van der Waals surface area contributed by atoms with Crippen LogP contribution in [0.1, 0.15) is 25.7 Å². The average Bonchev–Trinajstić information content (AvgIpc) is 2.58. The molecule has 3 rings (SSSR count). The Labute approximate surface area is 126 Å². The van der Waals surface area contributed by atoms with Gasteiger partial charge in [-0.25, -0.2) is 0 Å². The summed E-state index contributed by atoms with van der Waals surface area (Å²) in [4.78, 5) is 28.5. The van der Waals surface area contributed by atoms with Crippen molar-refractivity contribution < 1.29 is 9.59 Å². The lowest BCUT2D eigenvalue weighted by Gasteiger charge is -2.34. The molecule has 106 valence electrons. The molecule has 0 aromatic heterocycles. The van der Waals surface area contributed by atoms with Crippen LogP contribution < -0.4 is 4.90 Å². The van der Waals surface area contributed by atoms with Crippen LogP contribution >= 0.6 is 15.9 Å². The molecule has 1 aromatic rings. The number of halogens is 1. The second kappa shape index (κ2) is 5.56. The predicted molar refractivity (Wildman–Crippen MR) is 80.5 cm³/mol. The van der Waals surface area contributed by atoms with Crippen molar-refractivity contribution in [1.29, 1.82) is 0 Å². The first-order chi connectivity index (χ1) is 9.66. The van der Waals surface area contributed by atoms with Crippen molar-refractivity contribution in [2.75, 3.05) is 18.0 Å². The maximum atomic E-state index is 12.8. The van der Waals surface area contributed by atoms with E-state index < -0.39 is 0 Å². The molecule has 5 heteroatoms. The predicted octanol–water partition coefficient (Wildman–Crippen LogP) is 2.57. The minimum Gasteiger partial charge on any atom is -0.331 e. The van der Waals surface area contributed by atoms with Crippen LogP contribution in [0.3, 0.4) is 0 Å². The summed E-state index contributed by atoms with van der Waals surface area (Å²) < 4.78 is 0.943. The van der Waals surface area contributed by atoms with E-state index in [0.717, 1.165) is 36.0 Å². The molecular formula is C15H17BrN2O2. The lowest BCUT2D eigenvalue weighted by atomic mass is 10.0. The molecule has 2 amide bonds. The highest BCUT2D eigenvalue weighted by Crippen LogP contribution is 2.27. The molecule has 0 saturated carbocycles. The average molecular weight is 337 g/mol. The van der Waals surface area contributed by atoms with E-state index in [0.29, 0.717) is 13.0 Å². The molecule has 0 radical (unpaired) electrons. The van der Waals surface area contributed by atoms with Crippen LogP contribution in [0.2, 0.25) is 0 Å². The van der Waals surface area contributed by atoms with Gasteiger partial charge in [0, 0.05) is 29.7 Å². The molecule has 1 atom stereocenters. The SMILES string of the molecule is O=C1C2CCCCN2C(=O)CCN1c1cccc(Br)c1. The van der Waals surface area contributed by atoms with Crippen molar-refractivity contribution >= 4 is 33.4 Å². The summed E-state index contributed by atoms with van der Waals surface area (Å²) >= 11 is 3.43. The number of carbonyl (C=O) groups excluding carboxylic acids is 2. The van der Waals surface area contributed by atoms with Crippen molar-refractivity contribution in [3.8, 4) is 0 Å². The Morgan fingerprint density at radius 3 is 2.80 bits per heavy atom. The molecule has 1 unspecified atom stereocenters. The fraction of sp³-hybridized carbons (Fsp3) is 0.467. The van der Waals surface area contributed by atoms with Crippen molar-refractivity contribution in [3.05, 3.63) is 28.7 Å².